The van der Waals surface area contributed by atoms with Crippen LogP contribution in [0.5, 0.6) is 0 Å². The van der Waals surface area contributed by atoms with Crippen molar-refractivity contribution in [3.8, 4) is 0 Å². The van der Waals surface area contributed by atoms with Crippen LogP contribution in [0.1, 0.15) is 42.2 Å². The molecule has 1 aliphatic heterocycles. The van der Waals surface area contributed by atoms with E-state index in [0.29, 0.717) is 5.56 Å². The number of nitrogens with zero attached hydrogens (tertiary/aromatic N) is 4. The van der Waals surface area contributed by atoms with Gasteiger partial charge in [0.2, 0.25) is 0 Å². The zero-order chi connectivity index (χ0) is 18.8. The summed E-state index contributed by atoms with van der Waals surface area (Å²) in [6.07, 6.45) is 7.05. The number of aromatic nitrogens is 3. The van der Waals surface area contributed by atoms with Gasteiger partial charge in [-0.05, 0) is 50.5 Å². The van der Waals surface area contributed by atoms with E-state index in [-0.39, 0.29) is 5.91 Å². The lowest BCUT2D eigenvalue weighted by Crippen LogP contribution is -2.18. The predicted molar refractivity (Wildman–Crippen MR) is 108 cm³/mol. The number of amides is 1. The Hall–Kier alpha value is -2.89. The second-order valence-corrected chi connectivity index (χ2v) is 7.07. The molecule has 1 N–H and O–H groups in total. The van der Waals surface area contributed by atoms with Crippen molar-refractivity contribution in [1.82, 2.24) is 14.8 Å². The van der Waals surface area contributed by atoms with Crippen molar-refractivity contribution in [3.05, 3.63) is 47.9 Å². The topological polar surface area (TPSA) is 63.1 Å². The van der Waals surface area contributed by atoms with Crippen LogP contribution < -0.4 is 10.2 Å². The minimum Gasteiger partial charge on any atom is -0.370 e. The number of carbonyl (C=O) groups excluding carboxylic acids is 1. The first-order valence-corrected chi connectivity index (χ1v) is 9.65. The highest BCUT2D eigenvalue weighted by molar-refractivity contribution is 6.10. The first-order chi connectivity index (χ1) is 13.2. The molecule has 1 aliphatic rings. The fourth-order valence-corrected chi connectivity index (χ4v) is 3.75. The van der Waals surface area contributed by atoms with Gasteiger partial charge in [0.05, 0.1) is 28.1 Å². The lowest BCUT2D eigenvalue weighted by Gasteiger charge is -2.20. The molecule has 140 valence electrons. The molecule has 0 bridgehead atoms. The molecule has 6 nitrogen and oxygen atoms in total. The van der Waals surface area contributed by atoms with Crippen molar-refractivity contribution in [1.29, 1.82) is 0 Å². The Balaban J connectivity index is 1.66. The molecule has 27 heavy (non-hydrogen) atoms. The summed E-state index contributed by atoms with van der Waals surface area (Å²) >= 11 is 0. The van der Waals surface area contributed by atoms with Crippen molar-refractivity contribution in [2.75, 3.05) is 23.3 Å². The molecule has 3 aromatic rings. The highest BCUT2D eigenvalue weighted by Gasteiger charge is 2.19. The zero-order valence-electron chi connectivity index (χ0n) is 15.9. The van der Waals surface area contributed by atoms with Crippen LogP contribution in [0.4, 0.5) is 11.4 Å². The molecule has 1 aromatic carbocycles. The molecule has 6 heteroatoms. The Morgan fingerprint density at radius 2 is 2.04 bits per heavy atom. The highest BCUT2D eigenvalue weighted by atomic mass is 16.1. The number of fused-ring (bicyclic) bond motifs is 1. The monoisotopic (exact) mass is 363 g/mol. The van der Waals surface area contributed by atoms with Gasteiger partial charge < -0.3 is 10.2 Å². The number of anilines is 2. The molecule has 0 unspecified atom stereocenters. The minimum absolute atomic E-state index is 0.131. The molecular weight excluding hydrogens is 338 g/mol. The van der Waals surface area contributed by atoms with Gasteiger partial charge in [0.15, 0.2) is 0 Å². The van der Waals surface area contributed by atoms with E-state index >= 15 is 0 Å². The highest BCUT2D eigenvalue weighted by Crippen LogP contribution is 2.32. The lowest BCUT2D eigenvalue weighted by atomic mass is 10.1. The van der Waals surface area contributed by atoms with Crippen LogP contribution in [0.2, 0.25) is 0 Å². The molecule has 3 heterocycles. The van der Waals surface area contributed by atoms with Gasteiger partial charge in [0.25, 0.3) is 5.91 Å². The summed E-state index contributed by atoms with van der Waals surface area (Å²) in [7, 11) is 0. The third kappa shape index (κ3) is 3.39. The van der Waals surface area contributed by atoms with E-state index in [2.05, 4.69) is 33.3 Å². The third-order valence-corrected chi connectivity index (χ3v) is 5.09. The number of rotatable bonds is 5. The van der Waals surface area contributed by atoms with Gasteiger partial charge in [0.1, 0.15) is 0 Å². The number of hydrogen-bond donors (Lipinski definition) is 1. The van der Waals surface area contributed by atoms with Gasteiger partial charge in [-0.25, -0.2) is 0 Å². The van der Waals surface area contributed by atoms with E-state index in [1.807, 2.05) is 42.2 Å². The summed E-state index contributed by atoms with van der Waals surface area (Å²) < 4.78 is 1.83. The molecule has 0 radical (unpaired) electrons. The number of carbonyl (C=O) groups is 1. The standard InChI is InChI=1S/C21H25N5O/c1-3-11-26-14-17(15(2)24-26)21(27)23-18-8-9-19(25-12-4-5-13-25)20-16(18)7-6-10-22-20/h6-10,14H,3-5,11-13H2,1-2H3,(H,23,27). The number of benzene rings is 1. The maximum atomic E-state index is 12.8. The number of pyridine rings is 1. The van der Waals surface area contributed by atoms with Crippen molar-refractivity contribution >= 4 is 28.2 Å². The number of nitrogens with one attached hydrogen (secondary N) is 1. The third-order valence-electron chi connectivity index (χ3n) is 5.09. The van der Waals surface area contributed by atoms with E-state index in [9.17, 15) is 4.79 Å². The van der Waals surface area contributed by atoms with Crippen LogP contribution in [0.25, 0.3) is 10.9 Å². The second kappa shape index (κ2) is 7.39. The fourth-order valence-electron chi connectivity index (χ4n) is 3.75. The quantitative estimate of drug-likeness (QED) is 0.744. The Morgan fingerprint density at radius 3 is 2.81 bits per heavy atom. The van der Waals surface area contributed by atoms with E-state index in [1.165, 1.54) is 12.8 Å². The van der Waals surface area contributed by atoms with Crippen molar-refractivity contribution in [2.24, 2.45) is 0 Å². The van der Waals surface area contributed by atoms with Crippen LogP contribution in [-0.4, -0.2) is 33.8 Å². The van der Waals surface area contributed by atoms with Gasteiger partial charge in [-0.1, -0.05) is 6.92 Å². The van der Waals surface area contributed by atoms with Crippen LogP contribution in [0.15, 0.2) is 36.7 Å². The van der Waals surface area contributed by atoms with Gasteiger partial charge >= 0.3 is 0 Å². The smallest absolute Gasteiger partial charge is 0.259 e. The first kappa shape index (κ1) is 17.5. The van der Waals surface area contributed by atoms with E-state index < -0.39 is 0 Å². The average Bonchev–Trinajstić information content (AvgIpc) is 3.32. The van der Waals surface area contributed by atoms with Crippen molar-refractivity contribution in [2.45, 2.75) is 39.7 Å². The maximum Gasteiger partial charge on any atom is 0.259 e. The zero-order valence-corrected chi connectivity index (χ0v) is 15.9. The fraction of sp³-hybridized carbons (Fsp3) is 0.381. The van der Waals surface area contributed by atoms with Gasteiger partial charge in [-0.3, -0.25) is 14.5 Å². The lowest BCUT2D eigenvalue weighted by molar-refractivity contribution is 0.102. The van der Waals surface area contributed by atoms with Crippen LogP contribution in [0.3, 0.4) is 0 Å². The van der Waals surface area contributed by atoms with Gasteiger partial charge in [-0.15, -0.1) is 0 Å². The molecule has 0 atom stereocenters. The summed E-state index contributed by atoms with van der Waals surface area (Å²) in [5.74, 6) is -0.131. The molecule has 4 rings (SSSR count). The molecular formula is C21H25N5O. The van der Waals surface area contributed by atoms with Gasteiger partial charge in [0, 0.05) is 37.4 Å². The molecule has 0 spiro atoms. The second-order valence-electron chi connectivity index (χ2n) is 7.07. The van der Waals surface area contributed by atoms with Crippen molar-refractivity contribution < 1.29 is 4.79 Å². The Kier molecular flexibility index (Phi) is 4.79. The van der Waals surface area contributed by atoms with Gasteiger partial charge in [-0.2, -0.15) is 5.10 Å². The van der Waals surface area contributed by atoms with Crippen LogP contribution in [-0.2, 0) is 6.54 Å². The predicted octanol–water partition coefficient (Wildman–Crippen LogP) is 4.00. The minimum atomic E-state index is -0.131. The van der Waals surface area contributed by atoms with Crippen LogP contribution >= 0.6 is 0 Å². The molecule has 0 aliphatic carbocycles. The average molecular weight is 363 g/mol. The van der Waals surface area contributed by atoms with E-state index in [1.54, 1.807) is 0 Å². The van der Waals surface area contributed by atoms with Crippen LogP contribution in [0, 0.1) is 6.92 Å². The molecule has 1 fully saturated rings. The molecule has 1 amide bonds. The number of aryl methyl sites for hydroxylation is 2. The van der Waals surface area contributed by atoms with E-state index in [4.69, 9.17) is 0 Å². The molecule has 1 saturated heterocycles. The Labute approximate surface area is 159 Å². The van der Waals surface area contributed by atoms with E-state index in [0.717, 1.165) is 54.0 Å². The Morgan fingerprint density at radius 1 is 1.22 bits per heavy atom. The largest absolute Gasteiger partial charge is 0.370 e. The normalized spacial score (nSPS) is 14.1. The SMILES string of the molecule is CCCn1cc(C(=O)Nc2ccc(N3CCCC3)c3ncccc23)c(C)n1. The number of hydrogen-bond acceptors (Lipinski definition) is 4. The summed E-state index contributed by atoms with van der Waals surface area (Å²) in [5, 5.41) is 8.46. The Bertz CT molecular complexity index is 972. The summed E-state index contributed by atoms with van der Waals surface area (Å²) in [5.41, 5.74) is 4.23. The summed E-state index contributed by atoms with van der Waals surface area (Å²) in [6, 6.07) is 7.99. The summed E-state index contributed by atoms with van der Waals surface area (Å²) in [6.45, 7) is 6.90. The van der Waals surface area contributed by atoms with Crippen molar-refractivity contribution in [3.63, 3.8) is 0 Å². The molecule has 0 saturated carbocycles. The molecule has 2 aromatic heterocycles. The maximum absolute atomic E-state index is 12.8. The summed E-state index contributed by atoms with van der Waals surface area (Å²) in [4.78, 5) is 19.8. The first-order valence-electron chi connectivity index (χ1n) is 9.65.